The molecule has 2 aromatic rings. The summed E-state index contributed by atoms with van der Waals surface area (Å²) in [4.78, 5) is 11.1. The van der Waals surface area contributed by atoms with Gasteiger partial charge in [0, 0.05) is 6.54 Å². The number of carbonyl (C=O) groups is 1. The Morgan fingerprint density at radius 3 is 2.75 bits per heavy atom. The number of benzene rings is 2. The molecule has 0 fully saturated rings. The SMILES string of the molecule is N#Cc1ccc(Cl)c(NCc2ccccc2C(=O)O)c1. The lowest BCUT2D eigenvalue weighted by Gasteiger charge is -2.10. The summed E-state index contributed by atoms with van der Waals surface area (Å²) in [5.74, 6) is -0.973. The first-order valence-corrected chi connectivity index (χ1v) is 6.24. The number of hydrogen-bond acceptors (Lipinski definition) is 3. The van der Waals surface area contributed by atoms with Crippen LogP contribution in [0.25, 0.3) is 0 Å². The van der Waals surface area contributed by atoms with Crippen molar-refractivity contribution in [3.05, 3.63) is 64.2 Å². The molecule has 0 saturated heterocycles. The van der Waals surface area contributed by atoms with Gasteiger partial charge in [-0.1, -0.05) is 29.8 Å². The number of halogens is 1. The van der Waals surface area contributed by atoms with Crippen LogP contribution in [-0.4, -0.2) is 11.1 Å². The zero-order valence-corrected chi connectivity index (χ0v) is 11.2. The van der Waals surface area contributed by atoms with Gasteiger partial charge in [0.1, 0.15) is 0 Å². The topological polar surface area (TPSA) is 73.1 Å². The highest BCUT2D eigenvalue weighted by atomic mass is 35.5. The molecule has 4 nitrogen and oxygen atoms in total. The summed E-state index contributed by atoms with van der Waals surface area (Å²) in [5, 5.41) is 21.5. The highest BCUT2D eigenvalue weighted by Crippen LogP contribution is 2.23. The fraction of sp³-hybridized carbons (Fsp3) is 0.0667. The van der Waals surface area contributed by atoms with Crippen LogP contribution in [0.4, 0.5) is 5.69 Å². The van der Waals surface area contributed by atoms with Crippen molar-refractivity contribution < 1.29 is 9.90 Å². The van der Waals surface area contributed by atoms with Gasteiger partial charge in [0.15, 0.2) is 0 Å². The van der Waals surface area contributed by atoms with Crippen molar-refractivity contribution in [1.82, 2.24) is 0 Å². The van der Waals surface area contributed by atoms with Gasteiger partial charge in [-0.3, -0.25) is 0 Å². The molecule has 0 radical (unpaired) electrons. The largest absolute Gasteiger partial charge is 0.478 e. The van der Waals surface area contributed by atoms with Gasteiger partial charge in [-0.05, 0) is 29.8 Å². The number of hydrogen-bond donors (Lipinski definition) is 2. The Kier molecular flexibility index (Phi) is 4.24. The molecule has 2 rings (SSSR count). The quantitative estimate of drug-likeness (QED) is 0.902. The first kappa shape index (κ1) is 13.9. The molecule has 0 heterocycles. The second kappa shape index (κ2) is 6.09. The molecule has 0 aliphatic rings. The molecule has 0 aliphatic carbocycles. The van der Waals surface area contributed by atoms with E-state index >= 15 is 0 Å². The van der Waals surface area contributed by atoms with E-state index in [0.717, 1.165) is 0 Å². The van der Waals surface area contributed by atoms with Crippen molar-refractivity contribution in [3.8, 4) is 6.07 Å². The van der Waals surface area contributed by atoms with Gasteiger partial charge in [0.05, 0.1) is 27.9 Å². The average Bonchev–Trinajstić information content (AvgIpc) is 2.46. The van der Waals surface area contributed by atoms with Gasteiger partial charge >= 0.3 is 5.97 Å². The number of anilines is 1. The zero-order chi connectivity index (χ0) is 14.5. The molecule has 0 saturated carbocycles. The van der Waals surface area contributed by atoms with Gasteiger partial charge in [-0.15, -0.1) is 0 Å². The van der Waals surface area contributed by atoms with E-state index in [9.17, 15) is 4.79 Å². The number of rotatable bonds is 4. The average molecular weight is 287 g/mol. The molecule has 0 aromatic heterocycles. The Labute approximate surface area is 121 Å². The number of carboxylic acids is 1. The number of carboxylic acid groups (broad SMARTS) is 1. The van der Waals surface area contributed by atoms with Crippen molar-refractivity contribution in [1.29, 1.82) is 5.26 Å². The maximum atomic E-state index is 11.1. The minimum absolute atomic E-state index is 0.243. The van der Waals surface area contributed by atoms with Crippen LogP contribution in [0.1, 0.15) is 21.5 Å². The Bertz CT molecular complexity index is 693. The molecule has 20 heavy (non-hydrogen) atoms. The van der Waals surface area contributed by atoms with Crippen LogP contribution >= 0.6 is 11.6 Å². The van der Waals surface area contributed by atoms with Gasteiger partial charge in [-0.25, -0.2) is 4.79 Å². The van der Waals surface area contributed by atoms with E-state index in [0.29, 0.717) is 28.4 Å². The Hall–Kier alpha value is -2.51. The van der Waals surface area contributed by atoms with Crippen molar-refractivity contribution in [2.24, 2.45) is 0 Å². The van der Waals surface area contributed by atoms with Crippen LogP contribution in [0.3, 0.4) is 0 Å². The molecule has 100 valence electrons. The monoisotopic (exact) mass is 286 g/mol. The molecule has 2 aromatic carbocycles. The van der Waals surface area contributed by atoms with Gasteiger partial charge in [0.25, 0.3) is 0 Å². The zero-order valence-electron chi connectivity index (χ0n) is 10.4. The maximum Gasteiger partial charge on any atom is 0.336 e. The van der Waals surface area contributed by atoms with Crippen LogP contribution in [0.5, 0.6) is 0 Å². The summed E-state index contributed by atoms with van der Waals surface area (Å²) < 4.78 is 0. The van der Waals surface area contributed by atoms with Crippen LogP contribution in [0, 0.1) is 11.3 Å². The van der Waals surface area contributed by atoms with Crippen LogP contribution in [-0.2, 0) is 6.54 Å². The molecule has 0 atom stereocenters. The minimum atomic E-state index is -0.973. The van der Waals surface area contributed by atoms with E-state index in [1.165, 1.54) is 0 Å². The van der Waals surface area contributed by atoms with E-state index in [1.54, 1.807) is 42.5 Å². The van der Waals surface area contributed by atoms with E-state index in [1.807, 2.05) is 6.07 Å². The standard InChI is InChI=1S/C15H11ClN2O2/c16-13-6-5-10(8-17)7-14(13)18-9-11-3-1-2-4-12(11)15(19)20/h1-7,18H,9H2,(H,19,20). The number of nitrogens with zero attached hydrogens (tertiary/aromatic N) is 1. The molecule has 0 spiro atoms. The Morgan fingerprint density at radius 1 is 1.30 bits per heavy atom. The summed E-state index contributed by atoms with van der Waals surface area (Å²) in [6.45, 7) is 0.317. The summed E-state index contributed by atoms with van der Waals surface area (Å²) in [5.41, 5.74) is 1.99. The molecule has 5 heteroatoms. The fourth-order valence-corrected chi connectivity index (χ4v) is 1.99. The maximum absolute atomic E-state index is 11.1. The molecule has 0 amide bonds. The van der Waals surface area contributed by atoms with E-state index in [2.05, 4.69) is 5.32 Å². The second-order valence-electron chi connectivity index (χ2n) is 4.12. The molecule has 2 N–H and O–H groups in total. The first-order chi connectivity index (χ1) is 9.61. The molecular weight excluding hydrogens is 276 g/mol. The molecule has 0 unspecified atom stereocenters. The van der Waals surface area contributed by atoms with Crippen LogP contribution in [0.2, 0.25) is 5.02 Å². The predicted octanol–water partition coefficient (Wildman–Crippen LogP) is 3.52. The Balaban J connectivity index is 2.21. The van der Waals surface area contributed by atoms with Gasteiger partial charge in [-0.2, -0.15) is 5.26 Å². The third-order valence-corrected chi connectivity index (χ3v) is 3.14. The lowest BCUT2D eigenvalue weighted by atomic mass is 10.1. The number of aromatic carboxylic acids is 1. The normalized spacial score (nSPS) is 9.80. The van der Waals surface area contributed by atoms with Crippen molar-refractivity contribution in [3.63, 3.8) is 0 Å². The lowest BCUT2D eigenvalue weighted by Crippen LogP contribution is -2.07. The summed E-state index contributed by atoms with van der Waals surface area (Å²) in [6, 6.07) is 13.6. The third-order valence-electron chi connectivity index (χ3n) is 2.81. The first-order valence-electron chi connectivity index (χ1n) is 5.86. The lowest BCUT2D eigenvalue weighted by molar-refractivity contribution is 0.0696. The van der Waals surface area contributed by atoms with Crippen molar-refractivity contribution in [2.45, 2.75) is 6.54 Å². The van der Waals surface area contributed by atoms with Crippen molar-refractivity contribution >= 4 is 23.3 Å². The summed E-state index contributed by atoms with van der Waals surface area (Å²) in [7, 11) is 0. The number of nitrogens with one attached hydrogen (secondary N) is 1. The summed E-state index contributed by atoms with van der Waals surface area (Å²) >= 11 is 6.03. The van der Waals surface area contributed by atoms with Crippen LogP contribution in [0.15, 0.2) is 42.5 Å². The van der Waals surface area contributed by atoms with Crippen LogP contribution < -0.4 is 5.32 Å². The molecule has 0 aliphatic heterocycles. The highest BCUT2D eigenvalue weighted by molar-refractivity contribution is 6.33. The fourth-order valence-electron chi connectivity index (χ4n) is 1.80. The minimum Gasteiger partial charge on any atom is -0.478 e. The van der Waals surface area contributed by atoms with E-state index in [-0.39, 0.29) is 5.56 Å². The van der Waals surface area contributed by atoms with E-state index in [4.69, 9.17) is 22.0 Å². The Morgan fingerprint density at radius 2 is 2.05 bits per heavy atom. The smallest absolute Gasteiger partial charge is 0.336 e. The van der Waals surface area contributed by atoms with Crippen molar-refractivity contribution in [2.75, 3.05) is 5.32 Å². The second-order valence-corrected chi connectivity index (χ2v) is 4.53. The molecule has 0 bridgehead atoms. The predicted molar refractivity (Wildman–Crippen MR) is 76.9 cm³/mol. The highest BCUT2D eigenvalue weighted by Gasteiger charge is 2.09. The van der Waals surface area contributed by atoms with Gasteiger partial charge in [0.2, 0.25) is 0 Å². The molecular formula is C15H11ClN2O2. The van der Waals surface area contributed by atoms with E-state index < -0.39 is 5.97 Å². The summed E-state index contributed by atoms with van der Waals surface area (Å²) in [6.07, 6.45) is 0. The van der Waals surface area contributed by atoms with Gasteiger partial charge < -0.3 is 10.4 Å². The number of nitriles is 1. The third kappa shape index (κ3) is 3.08.